The first-order valence-electron chi connectivity index (χ1n) is 9.18. The van der Waals surface area contributed by atoms with Gasteiger partial charge in [0.05, 0.1) is 13.2 Å². The second-order valence-corrected chi connectivity index (χ2v) is 7.09. The van der Waals surface area contributed by atoms with Crippen LogP contribution in [-0.2, 0) is 17.9 Å². The Kier molecular flexibility index (Phi) is 7.32. The minimum atomic E-state index is 0.558. The minimum Gasteiger partial charge on any atom is -0.489 e. The van der Waals surface area contributed by atoms with Crippen LogP contribution < -0.4 is 10.1 Å². The normalized spacial score (nSPS) is 15.2. The molecule has 0 bridgehead atoms. The van der Waals surface area contributed by atoms with E-state index in [2.05, 4.69) is 41.4 Å². The summed E-state index contributed by atoms with van der Waals surface area (Å²) >= 11 is 6.18. The minimum absolute atomic E-state index is 0.558. The highest BCUT2D eigenvalue weighted by Crippen LogP contribution is 2.24. The van der Waals surface area contributed by atoms with Gasteiger partial charge in [-0.25, -0.2) is 0 Å². The molecule has 0 radical (unpaired) electrons. The second-order valence-electron chi connectivity index (χ2n) is 6.66. The van der Waals surface area contributed by atoms with Crippen molar-refractivity contribution in [3.8, 4) is 5.75 Å². The first kappa shape index (κ1) is 19.2. The summed E-state index contributed by atoms with van der Waals surface area (Å²) in [6, 6.07) is 14.2. The van der Waals surface area contributed by atoms with E-state index in [-0.39, 0.29) is 0 Å². The van der Waals surface area contributed by atoms with Crippen LogP contribution in [0.2, 0.25) is 5.02 Å². The van der Waals surface area contributed by atoms with Gasteiger partial charge < -0.3 is 14.8 Å². The van der Waals surface area contributed by atoms with Crippen molar-refractivity contribution in [3.63, 3.8) is 0 Å². The van der Waals surface area contributed by atoms with E-state index in [1.54, 1.807) is 0 Å². The number of benzene rings is 2. The summed E-state index contributed by atoms with van der Waals surface area (Å²) in [5.41, 5.74) is 3.51. The fourth-order valence-corrected chi connectivity index (χ4v) is 3.15. The van der Waals surface area contributed by atoms with Gasteiger partial charge in [-0.2, -0.15) is 0 Å². The average molecular weight is 375 g/mol. The van der Waals surface area contributed by atoms with Crippen LogP contribution in [0.3, 0.4) is 0 Å². The first-order valence-corrected chi connectivity index (χ1v) is 9.56. The molecule has 1 aliphatic heterocycles. The molecule has 0 spiro atoms. The first-order chi connectivity index (χ1) is 12.7. The third kappa shape index (κ3) is 5.99. The molecule has 1 fully saturated rings. The monoisotopic (exact) mass is 374 g/mol. The number of aryl methyl sites for hydroxylation is 1. The molecule has 0 unspecified atom stereocenters. The lowest BCUT2D eigenvalue weighted by Crippen LogP contribution is -2.40. The Morgan fingerprint density at radius 1 is 1.12 bits per heavy atom. The number of hydrogen-bond donors (Lipinski definition) is 1. The van der Waals surface area contributed by atoms with Crippen LogP contribution in [0.1, 0.15) is 16.7 Å². The molecular formula is C21H27ClN2O2. The number of nitrogens with one attached hydrogen (secondary N) is 1. The Morgan fingerprint density at radius 3 is 2.65 bits per heavy atom. The topological polar surface area (TPSA) is 33.7 Å². The van der Waals surface area contributed by atoms with Crippen LogP contribution in [0.25, 0.3) is 0 Å². The van der Waals surface area contributed by atoms with E-state index in [1.807, 2.05) is 18.2 Å². The molecule has 5 heteroatoms. The molecule has 2 aromatic carbocycles. The number of halogens is 1. The van der Waals surface area contributed by atoms with Crippen LogP contribution in [-0.4, -0.2) is 44.3 Å². The fourth-order valence-electron chi connectivity index (χ4n) is 2.96. The van der Waals surface area contributed by atoms with E-state index < -0.39 is 0 Å². The van der Waals surface area contributed by atoms with Gasteiger partial charge in [-0.1, -0.05) is 41.4 Å². The van der Waals surface area contributed by atoms with E-state index in [4.69, 9.17) is 21.1 Å². The van der Waals surface area contributed by atoms with Gasteiger partial charge in [0.15, 0.2) is 0 Å². The molecule has 26 heavy (non-hydrogen) atoms. The largest absolute Gasteiger partial charge is 0.489 e. The average Bonchev–Trinajstić information content (AvgIpc) is 2.67. The molecule has 1 heterocycles. The molecule has 140 valence electrons. The molecule has 2 aromatic rings. The van der Waals surface area contributed by atoms with Crippen LogP contribution in [0.4, 0.5) is 0 Å². The number of rotatable bonds is 8. The van der Waals surface area contributed by atoms with Crippen molar-refractivity contribution in [2.24, 2.45) is 0 Å². The summed E-state index contributed by atoms with van der Waals surface area (Å²) in [6.07, 6.45) is 0. The highest BCUT2D eigenvalue weighted by Gasteiger charge is 2.10. The quantitative estimate of drug-likeness (QED) is 0.715. The number of morpholine rings is 1. The van der Waals surface area contributed by atoms with E-state index >= 15 is 0 Å². The highest BCUT2D eigenvalue weighted by atomic mass is 35.5. The maximum Gasteiger partial charge on any atom is 0.124 e. The molecule has 1 saturated heterocycles. The Bertz CT molecular complexity index is 685. The molecule has 0 amide bonds. The maximum atomic E-state index is 6.18. The molecule has 1 aliphatic rings. The van der Waals surface area contributed by atoms with E-state index in [0.717, 1.165) is 67.8 Å². The fraction of sp³-hybridized carbons (Fsp3) is 0.429. The van der Waals surface area contributed by atoms with Gasteiger partial charge in [0, 0.05) is 43.3 Å². The van der Waals surface area contributed by atoms with Gasteiger partial charge in [0.1, 0.15) is 12.4 Å². The zero-order valence-corrected chi connectivity index (χ0v) is 16.1. The summed E-state index contributed by atoms with van der Waals surface area (Å²) in [7, 11) is 0. The zero-order chi connectivity index (χ0) is 18.2. The smallest absolute Gasteiger partial charge is 0.124 e. The van der Waals surface area contributed by atoms with Gasteiger partial charge >= 0.3 is 0 Å². The summed E-state index contributed by atoms with van der Waals surface area (Å²) in [5.74, 6) is 0.883. The molecule has 3 rings (SSSR count). The van der Waals surface area contributed by atoms with Crippen molar-refractivity contribution in [1.29, 1.82) is 0 Å². The standard InChI is InChI=1S/C21H27ClN2O2/c1-17-2-4-18(5-3-17)16-26-21-7-6-20(22)14-19(21)15-23-8-9-24-10-12-25-13-11-24/h2-7,14,23H,8-13,15-16H2,1H3. The van der Waals surface area contributed by atoms with Gasteiger partial charge in [0.25, 0.3) is 0 Å². The third-order valence-corrected chi connectivity index (χ3v) is 4.80. The number of ether oxygens (including phenoxy) is 2. The molecule has 4 nitrogen and oxygen atoms in total. The number of hydrogen-bond acceptors (Lipinski definition) is 4. The van der Waals surface area contributed by atoms with E-state index in [1.165, 1.54) is 5.56 Å². The van der Waals surface area contributed by atoms with E-state index in [0.29, 0.717) is 6.61 Å². The third-order valence-electron chi connectivity index (χ3n) is 4.56. The zero-order valence-electron chi connectivity index (χ0n) is 15.3. The highest BCUT2D eigenvalue weighted by molar-refractivity contribution is 6.30. The Labute approximate surface area is 161 Å². The second kappa shape index (κ2) is 9.93. The van der Waals surface area contributed by atoms with Crippen molar-refractivity contribution in [3.05, 3.63) is 64.2 Å². The molecule has 0 aromatic heterocycles. The molecule has 0 atom stereocenters. The Hall–Kier alpha value is -1.59. The molecule has 1 N–H and O–H groups in total. The lowest BCUT2D eigenvalue weighted by molar-refractivity contribution is 0.0384. The maximum absolute atomic E-state index is 6.18. The summed E-state index contributed by atoms with van der Waals surface area (Å²) in [6.45, 7) is 9.07. The lowest BCUT2D eigenvalue weighted by Gasteiger charge is -2.26. The summed E-state index contributed by atoms with van der Waals surface area (Å²) < 4.78 is 11.4. The van der Waals surface area contributed by atoms with Crippen LogP contribution in [0, 0.1) is 6.92 Å². The molecule has 0 saturated carbocycles. The van der Waals surface area contributed by atoms with Crippen molar-refractivity contribution >= 4 is 11.6 Å². The van der Waals surface area contributed by atoms with Crippen molar-refractivity contribution in [1.82, 2.24) is 10.2 Å². The predicted octanol–water partition coefficient (Wildman–Crippen LogP) is 3.65. The van der Waals surface area contributed by atoms with Crippen LogP contribution >= 0.6 is 11.6 Å². The van der Waals surface area contributed by atoms with Gasteiger partial charge in [-0.15, -0.1) is 0 Å². The lowest BCUT2D eigenvalue weighted by atomic mass is 10.1. The number of nitrogens with zero attached hydrogens (tertiary/aromatic N) is 1. The molecular weight excluding hydrogens is 348 g/mol. The van der Waals surface area contributed by atoms with Crippen LogP contribution in [0.5, 0.6) is 5.75 Å². The van der Waals surface area contributed by atoms with Gasteiger partial charge in [0.2, 0.25) is 0 Å². The Morgan fingerprint density at radius 2 is 1.88 bits per heavy atom. The SMILES string of the molecule is Cc1ccc(COc2ccc(Cl)cc2CNCCN2CCOCC2)cc1. The summed E-state index contributed by atoms with van der Waals surface area (Å²) in [4.78, 5) is 2.42. The van der Waals surface area contributed by atoms with Gasteiger partial charge in [-0.05, 0) is 30.7 Å². The van der Waals surface area contributed by atoms with Gasteiger partial charge in [-0.3, -0.25) is 4.90 Å². The van der Waals surface area contributed by atoms with E-state index in [9.17, 15) is 0 Å². The van der Waals surface area contributed by atoms with Crippen molar-refractivity contribution in [2.45, 2.75) is 20.1 Å². The van der Waals surface area contributed by atoms with Crippen molar-refractivity contribution in [2.75, 3.05) is 39.4 Å². The van der Waals surface area contributed by atoms with Crippen LogP contribution in [0.15, 0.2) is 42.5 Å². The van der Waals surface area contributed by atoms with Crippen molar-refractivity contribution < 1.29 is 9.47 Å². The predicted molar refractivity (Wildman–Crippen MR) is 106 cm³/mol. The molecule has 0 aliphatic carbocycles. The summed E-state index contributed by atoms with van der Waals surface area (Å²) in [5, 5.41) is 4.24. The Balaban J connectivity index is 1.50.